The van der Waals surface area contributed by atoms with Crippen LogP contribution in [-0.2, 0) is 14.6 Å². The van der Waals surface area contributed by atoms with Gasteiger partial charge in [0.1, 0.15) is 23.2 Å². The topological polar surface area (TPSA) is 122 Å². The van der Waals surface area contributed by atoms with E-state index in [1.165, 1.54) is 12.1 Å². The number of hydrogen-bond acceptors (Lipinski definition) is 7. The van der Waals surface area contributed by atoms with Gasteiger partial charge in [0.25, 0.3) is 0 Å². The number of carbonyl (C=O) groups is 1. The molecular weight excluding hydrogens is 442 g/mol. The number of fused-ring (bicyclic) bond motifs is 1. The number of benzene rings is 2. The molecule has 1 unspecified atom stereocenters. The van der Waals surface area contributed by atoms with E-state index in [9.17, 15) is 22.3 Å². The summed E-state index contributed by atoms with van der Waals surface area (Å²) >= 11 is 0. The van der Waals surface area contributed by atoms with Gasteiger partial charge in [-0.3, -0.25) is 9.11 Å². The molecule has 0 aliphatic carbocycles. The summed E-state index contributed by atoms with van der Waals surface area (Å²) in [5.74, 6) is 0.0597. The van der Waals surface area contributed by atoms with Crippen molar-refractivity contribution in [2.45, 2.75) is 41.4 Å². The van der Waals surface area contributed by atoms with Crippen LogP contribution in [0, 0.1) is 0 Å². The van der Waals surface area contributed by atoms with E-state index in [0.29, 0.717) is 11.3 Å². The molecule has 0 saturated carbocycles. The number of amides is 1. The standard InChI is InChI=1S/C21H27NO7S2/c1-21(2,3)29-20(23)22-11-12-28-15-7-6-8-16(13-15)31(26,27)19-14-30(24,25)18-10-5-4-9-17(18)19/h4-10,13,19,24-25H,11-12,14H2,1-3H3,(H,22,23). The maximum absolute atomic E-state index is 13.3. The molecule has 0 bridgehead atoms. The third-order valence-electron chi connectivity index (χ3n) is 4.55. The van der Waals surface area contributed by atoms with Crippen LogP contribution in [0.5, 0.6) is 5.75 Å². The van der Waals surface area contributed by atoms with Crippen LogP contribution in [-0.4, -0.2) is 48.1 Å². The van der Waals surface area contributed by atoms with Crippen molar-refractivity contribution in [3.63, 3.8) is 0 Å². The predicted molar refractivity (Wildman–Crippen MR) is 119 cm³/mol. The summed E-state index contributed by atoms with van der Waals surface area (Å²) in [6, 6.07) is 12.5. The van der Waals surface area contributed by atoms with Crippen LogP contribution >= 0.6 is 10.6 Å². The highest BCUT2D eigenvalue weighted by Gasteiger charge is 2.42. The minimum atomic E-state index is -3.88. The molecular formula is C21H27NO7S2. The molecule has 31 heavy (non-hydrogen) atoms. The first-order chi connectivity index (χ1) is 14.4. The van der Waals surface area contributed by atoms with Gasteiger partial charge in [-0.05, 0) is 50.6 Å². The Bertz CT molecular complexity index is 1060. The lowest BCUT2D eigenvalue weighted by molar-refractivity contribution is 0.0520. The summed E-state index contributed by atoms with van der Waals surface area (Å²) < 4.78 is 57.9. The van der Waals surface area contributed by atoms with Gasteiger partial charge in [0.15, 0.2) is 9.84 Å². The molecule has 3 rings (SSSR count). The van der Waals surface area contributed by atoms with E-state index in [1.807, 2.05) is 0 Å². The van der Waals surface area contributed by atoms with Crippen molar-refractivity contribution in [3.05, 3.63) is 54.1 Å². The number of rotatable bonds is 6. The molecule has 1 aliphatic rings. The molecule has 0 aromatic heterocycles. The van der Waals surface area contributed by atoms with Crippen molar-refractivity contribution in [1.82, 2.24) is 5.32 Å². The second-order valence-electron chi connectivity index (χ2n) is 8.16. The molecule has 0 radical (unpaired) electrons. The summed E-state index contributed by atoms with van der Waals surface area (Å²) in [5, 5.41) is 1.52. The third-order valence-corrected chi connectivity index (χ3v) is 8.72. The van der Waals surface area contributed by atoms with E-state index < -0.39 is 37.4 Å². The summed E-state index contributed by atoms with van der Waals surface area (Å²) in [6.45, 7) is 5.59. The van der Waals surface area contributed by atoms with Gasteiger partial charge in [0, 0.05) is 0 Å². The van der Waals surface area contributed by atoms with Gasteiger partial charge in [-0.15, -0.1) is 0 Å². The molecule has 1 aliphatic heterocycles. The van der Waals surface area contributed by atoms with Crippen LogP contribution in [0.4, 0.5) is 4.79 Å². The monoisotopic (exact) mass is 469 g/mol. The zero-order chi connectivity index (χ0) is 22.9. The third kappa shape index (κ3) is 5.51. The zero-order valence-corrected chi connectivity index (χ0v) is 19.2. The number of alkyl carbamates (subject to hydrolysis) is 1. The van der Waals surface area contributed by atoms with Gasteiger partial charge in [0.05, 0.1) is 22.1 Å². The van der Waals surface area contributed by atoms with Crippen LogP contribution in [0.2, 0.25) is 0 Å². The number of sulfone groups is 1. The van der Waals surface area contributed by atoms with E-state index in [0.717, 1.165) is 0 Å². The second-order valence-corrected chi connectivity index (χ2v) is 12.4. The summed E-state index contributed by atoms with van der Waals surface area (Å²) in [5.41, 5.74) is -0.190. The molecule has 8 nitrogen and oxygen atoms in total. The van der Waals surface area contributed by atoms with Crippen LogP contribution in [0.1, 0.15) is 31.6 Å². The molecule has 3 N–H and O–H groups in total. The van der Waals surface area contributed by atoms with Gasteiger partial charge in [-0.25, -0.2) is 13.2 Å². The molecule has 1 atom stereocenters. The Morgan fingerprint density at radius 3 is 2.58 bits per heavy atom. The lowest BCUT2D eigenvalue weighted by Crippen LogP contribution is -2.34. The molecule has 1 amide bonds. The van der Waals surface area contributed by atoms with E-state index in [2.05, 4.69) is 5.32 Å². The van der Waals surface area contributed by atoms with Crippen molar-refractivity contribution in [2.75, 3.05) is 18.9 Å². The number of ether oxygens (including phenoxy) is 2. The van der Waals surface area contributed by atoms with Crippen molar-refractivity contribution in [3.8, 4) is 5.75 Å². The van der Waals surface area contributed by atoms with Crippen molar-refractivity contribution in [2.24, 2.45) is 0 Å². The van der Waals surface area contributed by atoms with Gasteiger partial charge in [0.2, 0.25) is 0 Å². The Morgan fingerprint density at radius 2 is 1.87 bits per heavy atom. The SMILES string of the molecule is CC(C)(C)OC(=O)NCCOc1cccc(S(=O)(=O)C2CS(O)(O)c3ccccc32)c1. The fraction of sp³-hybridized carbons (Fsp3) is 0.381. The van der Waals surface area contributed by atoms with Crippen LogP contribution in [0.25, 0.3) is 0 Å². The quantitative estimate of drug-likeness (QED) is 0.541. The molecule has 0 fully saturated rings. The summed E-state index contributed by atoms with van der Waals surface area (Å²) in [7, 11) is -7.04. The normalized spacial score (nSPS) is 18.7. The van der Waals surface area contributed by atoms with Crippen LogP contribution in [0.3, 0.4) is 0 Å². The molecule has 2 aromatic carbocycles. The largest absolute Gasteiger partial charge is 0.492 e. The highest BCUT2D eigenvalue weighted by Crippen LogP contribution is 2.61. The first kappa shape index (κ1) is 23.4. The lowest BCUT2D eigenvalue weighted by Gasteiger charge is -2.27. The Balaban J connectivity index is 1.68. The molecule has 170 valence electrons. The Labute approximate surface area is 183 Å². The molecule has 2 aromatic rings. The van der Waals surface area contributed by atoms with E-state index in [1.54, 1.807) is 57.2 Å². The molecule has 0 spiro atoms. The van der Waals surface area contributed by atoms with Crippen LogP contribution in [0.15, 0.2) is 58.3 Å². The van der Waals surface area contributed by atoms with Crippen molar-refractivity contribution < 1.29 is 31.8 Å². The number of nitrogens with one attached hydrogen (secondary N) is 1. The van der Waals surface area contributed by atoms with Crippen molar-refractivity contribution in [1.29, 1.82) is 0 Å². The average molecular weight is 470 g/mol. The van der Waals surface area contributed by atoms with Crippen molar-refractivity contribution >= 4 is 26.5 Å². The fourth-order valence-corrected chi connectivity index (χ4v) is 7.68. The first-order valence-corrected chi connectivity index (χ1v) is 12.9. The minimum absolute atomic E-state index is 0.0296. The van der Waals surface area contributed by atoms with E-state index in [4.69, 9.17) is 9.47 Å². The van der Waals surface area contributed by atoms with E-state index >= 15 is 0 Å². The Morgan fingerprint density at radius 1 is 1.16 bits per heavy atom. The zero-order valence-electron chi connectivity index (χ0n) is 17.6. The second kappa shape index (κ2) is 8.70. The number of hydrogen-bond donors (Lipinski definition) is 3. The lowest BCUT2D eigenvalue weighted by atomic mass is 10.2. The maximum Gasteiger partial charge on any atom is 0.407 e. The van der Waals surface area contributed by atoms with Crippen LogP contribution < -0.4 is 10.1 Å². The number of carbonyl (C=O) groups excluding carboxylic acids is 1. The predicted octanol–water partition coefficient (Wildman–Crippen LogP) is 4.23. The smallest absolute Gasteiger partial charge is 0.407 e. The summed E-state index contributed by atoms with van der Waals surface area (Å²) in [6.07, 6.45) is -0.564. The molecule has 10 heteroatoms. The van der Waals surface area contributed by atoms with Gasteiger partial charge >= 0.3 is 6.09 Å². The fourth-order valence-electron chi connectivity index (χ4n) is 3.23. The van der Waals surface area contributed by atoms with E-state index in [-0.39, 0.29) is 28.7 Å². The Kier molecular flexibility index (Phi) is 6.56. The molecule has 1 heterocycles. The maximum atomic E-state index is 13.3. The molecule has 0 saturated heterocycles. The van der Waals surface area contributed by atoms with Gasteiger partial charge < -0.3 is 14.8 Å². The highest BCUT2D eigenvalue weighted by molar-refractivity contribution is 8.25. The highest BCUT2D eigenvalue weighted by atomic mass is 32.3. The minimum Gasteiger partial charge on any atom is -0.492 e. The summed E-state index contributed by atoms with van der Waals surface area (Å²) in [4.78, 5) is 12.0. The average Bonchev–Trinajstić information content (AvgIpc) is 2.96. The first-order valence-electron chi connectivity index (χ1n) is 9.69. The Hall–Kier alpha value is -2.27. The van der Waals surface area contributed by atoms with Gasteiger partial charge in [-0.1, -0.05) is 24.3 Å². The van der Waals surface area contributed by atoms with Gasteiger partial charge in [-0.2, -0.15) is 10.6 Å².